The predicted octanol–water partition coefficient (Wildman–Crippen LogP) is 1.94. The highest BCUT2D eigenvalue weighted by Crippen LogP contribution is 2.12. The zero-order chi connectivity index (χ0) is 11.5. The van der Waals surface area contributed by atoms with Crippen LogP contribution < -0.4 is 0 Å². The Labute approximate surface area is 92.8 Å². The van der Waals surface area contributed by atoms with E-state index < -0.39 is 6.10 Å². The molecule has 0 fully saturated rings. The van der Waals surface area contributed by atoms with E-state index in [4.69, 9.17) is 15.9 Å². The fourth-order valence-corrected chi connectivity index (χ4v) is 1.37. The molecule has 2 unspecified atom stereocenters. The van der Waals surface area contributed by atoms with Crippen molar-refractivity contribution in [3.05, 3.63) is 0 Å². The maximum Gasteiger partial charge on any atom is 0.146 e. The lowest BCUT2D eigenvalue weighted by Crippen LogP contribution is -2.21. The van der Waals surface area contributed by atoms with E-state index in [1.54, 1.807) is 7.11 Å². The van der Waals surface area contributed by atoms with Crippen molar-refractivity contribution in [1.82, 2.24) is 0 Å². The molecule has 15 heavy (non-hydrogen) atoms. The third-order valence-electron chi connectivity index (χ3n) is 2.23. The van der Waals surface area contributed by atoms with Gasteiger partial charge in [-0.3, -0.25) is 0 Å². The number of terminal acetylenes is 1. The Hall–Kier alpha value is -0.560. The second-order valence-corrected chi connectivity index (χ2v) is 3.61. The summed E-state index contributed by atoms with van der Waals surface area (Å²) >= 11 is 0. The molecule has 0 aliphatic rings. The van der Waals surface area contributed by atoms with Crippen LogP contribution in [0.5, 0.6) is 0 Å². The molecule has 0 amide bonds. The molecular weight excluding hydrogens is 192 g/mol. The van der Waals surface area contributed by atoms with Gasteiger partial charge in [-0.2, -0.15) is 0 Å². The molecule has 88 valence electrons. The standard InChI is InChI=1S/C12H22O3/c1-4-6-7-8-12(15-10-14-3)9-11(13)5-2/h2,11-13H,4,6-10H2,1,3H3. The van der Waals surface area contributed by atoms with E-state index in [0.29, 0.717) is 6.42 Å². The first-order valence-corrected chi connectivity index (χ1v) is 5.49. The van der Waals surface area contributed by atoms with Gasteiger partial charge in [0.15, 0.2) is 0 Å². The van der Waals surface area contributed by atoms with Crippen molar-refractivity contribution in [2.75, 3.05) is 13.9 Å². The van der Waals surface area contributed by atoms with Crippen molar-refractivity contribution in [1.29, 1.82) is 0 Å². The highest BCUT2D eigenvalue weighted by Gasteiger charge is 2.13. The summed E-state index contributed by atoms with van der Waals surface area (Å²) in [4.78, 5) is 0. The summed E-state index contributed by atoms with van der Waals surface area (Å²) < 4.78 is 10.3. The molecule has 0 spiro atoms. The molecule has 0 aromatic rings. The number of methoxy groups -OCH3 is 1. The van der Waals surface area contributed by atoms with Gasteiger partial charge in [-0.25, -0.2) is 0 Å². The molecule has 0 rings (SSSR count). The van der Waals surface area contributed by atoms with Crippen LogP contribution in [-0.4, -0.2) is 31.2 Å². The molecule has 3 nitrogen and oxygen atoms in total. The van der Waals surface area contributed by atoms with Gasteiger partial charge in [-0.1, -0.05) is 32.1 Å². The van der Waals surface area contributed by atoms with Crippen LogP contribution in [0.2, 0.25) is 0 Å². The topological polar surface area (TPSA) is 38.7 Å². The Kier molecular flexibility index (Phi) is 9.60. The summed E-state index contributed by atoms with van der Waals surface area (Å²) in [6, 6.07) is 0. The number of hydrogen-bond acceptors (Lipinski definition) is 3. The first-order valence-electron chi connectivity index (χ1n) is 5.49. The zero-order valence-corrected chi connectivity index (χ0v) is 9.74. The molecule has 0 heterocycles. The molecule has 0 aliphatic carbocycles. The normalized spacial score (nSPS) is 14.5. The average Bonchev–Trinajstić information content (AvgIpc) is 2.25. The summed E-state index contributed by atoms with van der Waals surface area (Å²) in [5.74, 6) is 2.30. The minimum Gasteiger partial charge on any atom is -0.380 e. The molecule has 0 aliphatic heterocycles. The van der Waals surface area contributed by atoms with Gasteiger partial charge >= 0.3 is 0 Å². The summed E-state index contributed by atoms with van der Waals surface area (Å²) in [7, 11) is 1.58. The van der Waals surface area contributed by atoms with Crippen molar-refractivity contribution in [3.8, 4) is 12.3 Å². The Balaban J connectivity index is 3.79. The molecule has 2 atom stereocenters. The smallest absolute Gasteiger partial charge is 0.146 e. The van der Waals surface area contributed by atoms with Crippen molar-refractivity contribution >= 4 is 0 Å². The van der Waals surface area contributed by atoms with E-state index in [9.17, 15) is 5.11 Å². The summed E-state index contributed by atoms with van der Waals surface area (Å²) in [5.41, 5.74) is 0. The number of aliphatic hydroxyl groups is 1. The molecule has 0 saturated carbocycles. The first-order chi connectivity index (χ1) is 7.24. The lowest BCUT2D eigenvalue weighted by Gasteiger charge is -2.18. The Bertz CT molecular complexity index is 174. The molecular formula is C12H22O3. The number of rotatable bonds is 9. The Morgan fingerprint density at radius 2 is 2.13 bits per heavy atom. The van der Waals surface area contributed by atoms with Crippen molar-refractivity contribution in [2.45, 2.75) is 51.2 Å². The van der Waals surface area contributed by atoms with Crippen LogP contribution in [-0.2, 0) is 9.47 Å². The van der Waals surface area contributed by atoms with Crippen LogP contribution in [0.3, 0.4) is 0 Å². The van der Waals surface area contributed by atoms with Crippen molar-refractivity contribution in [2.24, 2.45) is 0 Å². The van der Waals surface area contributed by atoms with Gasteiger partial charge in [0.1, 0.15) is 12.9 Å². The number of unbranched alkanes of at least 4 members (excludes halogenated alkanes) is 2. The summed E-state index contributed by atoms with van der Waals surface area (Å²) in [5, 5.41) is 9.33. The Morgan fingerprint density at radius 3 is 2.67 bits per heavy atom. The highest BCUT2D eigenvalue weighted by atomic mass is 16.7. The van der Waals surface area contributed by atoms with Crippen LogP contribution >= 0.6 is 0 Å². The summed E-state index contributed by atoms with van der Waals surface area (Å²) in [6.07, 6.45) is 9.28. The third kappa shape index (κ3) is 8.44. The molecule has 1 N–H and O–H groups in total. The van der Waals surface area contributed by atoms with Gasteiger partial charge in [0.05, 0.1) is 6.10 Å². The molecule has 0 aromatic heterocycles. The van der Waals surface area contributed by atoms with E-state index in [1.807, 2.05) is 0 Å². The lowest BCUT2D eigenvalue weighted by molar-refractivity contribution is -0.0837. The monoisotopic (exact) mass is 214 g/mol. The quantitative estimate of drug-likeness (QED) is 0.362. The van der Waals surface area contributed by atoms with E-state index in [0.717, 1.165) is 12.8 Å². The van der Waals surface area contributed by atoms with Crippen LogP contribution in [0.25, 0.3) is 0 Å². The van der Waals surface area contributed by atoms with E-state index >= 15 is 0 Å². The van der Waals surface area contributed by atoms with Crippen LogP contribution in [0.1, 0.15) is 39.0 Å². The SMILES string of the molecule is C#CC(O)CC(CCCCC)OCOC. The fraction of sp³-hybridized carbons (Fsp3) is 0.833. The first kappa shape index (κ1) is 14.4. The minimum absolute atomic E-state index is 0.00236. The minimum atomic E-state index is -0.714. The number of ether oxygens (including phenoxy) is 2. The summed E-state index contributed by atoms with van der Waals surface area (Å²) in [6.45, 7) is 2.41. The predicted molar refractivity (Wildman–Crippen MR) is 60.3 cm³/mol. The maximum atomic E-state index is 9.33. The lowest BCUT2D eigenvalue weighted by atomic mass is 10.1. The van der Waals surface area contributed by atoms with Crippen molar-refractivity contribution in [3.63, 3.8) is 0 Å². The molecule has 3 heteroatoms. The largest absolute Gasteiger partial charge is 0.380 e. The van der Waals surface area contributed by atoms with Crippen molar-refractivity contribution < 1.29 is 14.6 Å². The molecule has 0 saturated heterocycles. The fourth-order valence-electron chi connectivity index (χ4n) is 1.37. The van der Waals surface area contributed by atoms with Gasteiger partial charge in [-0.15, -0.1) is 6.42 Å². The number of hydrogen-bond donors (Lipinski definition) is 1. The molecule has 0 aromatic carbocycles. The molecule has 0 bridgehead atoms. The van der Waals surface area contributed by atoms with Gasteiger partial charge < -0.3 is 14.6 Å². The molecule has 0 radical (unpaired) electrons. The zero-order valence-electron chi connectivity index (χ0n) is 9.74. The van der Waals surface area contributed by atoms with Gasteiger partial charge in [0.25, 0.3) is 0 Å². The van der Waals surface area contributed by atoms with Crippen LogP contribution in [0, 0.1) is 12.3 Å². The Morgan fingerprint density at radius 1 is 1.40 bits per heavy atom. The third-order valence-corrected chi connectivity index (χ3v) is 2.23. The average molecular weight is 214 g/mol. The van der Waals surface area contributed by atoms with Crippen LogP contribution in [0.15, 0.2) is 0 Å². The highest BCUT2D eigenvalue weighted by molar-refractivity contribution is 4.94. The van der Waals surface area contributed by atoms with Gasteiger partial charge in [0, 0.05) is 13.5 Å². The van der Waals surface area contributed by atoms with Crippen LogP contribution in [0.4, 0.5) is 0 Å². The van der Waals surface area contributed by atoms with E-state index in [1.165, 1.54) is 12.8 Å². The second-order valence-electron chi connectivity index (χ2n) is 3.61. The maximum absolute atomic E-state index is 9.33. The van der Waals surface area contributed by atoms with E-state index in [-0.39, 0.29) is 12.9 Å². The number of aliphatic hydroxyl groups excluding tert-OH is 1. The van der Waals surface area contributed by atoms with E-state index in [2.05, 4.69) is 12.8 Å². The second kappa shape index (κ2) is 9.97. The van der Waals surface area contributed by atoms with Gasteiger partial charge in [-0.05, 0) is 6.42 Å². The van der Waals surface area contributed by atoms with Gasteiger partial charge in [0.2, 0.25) is 0 Å².